The first-order valence-electron chi connectivity index (χ1n) is 9.01. The summed E-state index contributed by atoms with van der Waals surface area (Å²) in [5, 5.41) is 4.37. The van der Waals surface area contributed by atoms with Crippen LogP contribution in [0.5, 0.6) is 0 Å². The topological polar surface area (TPSA) is 58.4 Å². The fourth-order valence-corrected chi connectivity index (χ4v) is 4.05. The number of rotatable bonds is 3. The van der Waals surface area contributed by atoms with Crippen molar-refractivity contribution in [1.29, 1.82) is 0 Å². The Balaban J connectivity index is 1.58. The molecule has 24 heavy (non-hydrogen) atoms. The average Bonchev–Trinajstić information content (AvgIpc) is 3.30. The van der Waals surface area contributed by atoms with Gasteiger partial charge in [-0.15, -0.1) is 0 Å². The molecule has 1 saturated heterocycles. The molecule has 6 nitrogen and oxygen atoms in total. The molecule has 4 rings (SSSR count). The Kier molecular flexibility index (Phi) is 4.12. The molecular formula is C18H24N4O2. The van der Waals surface area contributed by atoms with Crippen molar-refractivity contribution in [1.82, 2.24) is 19.6 Å². The van der Waals surface area contributed by atoms with Crippen molar-refractivity contribution in [3.05, 3.63) is 29.6 Å². The normalized spacial score (nSPS) is 24.1. The molecule has 128 valence electrons. The lowest BCUT2D eigenvalue weighted by Gasteiger charge is -2.33. The van der Waals surface area contributed by atoms with Gasteiger partial charge in [0.1, 0.15) is 0 Å². The number of allylic oxidation sites excluding steroid dienone is 1. The van der Waals surface area contributed by atoms with E-state index in [2.05, 4.69) is 11.2 Å². The molecule has 6 heteroatoms. The standard InChI is InChI=1S/C18H24N4O2/c23-17-6-3-10-20(17)12-15-8-11-22-16(7-9-19-22)13-21(15)18(24)14-4-1-2-5-14/h4,7,9,15H,1-3,5-6,8,10-13H2/t15-/m0/s1. The van der Waals surface area contributed by atoms with E-state index in [1.54, 1.807) is 6.20 Å². The number of fused-ring (bicyclic) bond motifs is 1. The van der Waals surface area contributed by atoms with E-state index in [9.17, 15) is 9.59 Å². The molecule has 1 aromatic heterocycles. The highest BCUT2D eigenvalue weighted by Gasteiger charge is 2.33. The van der Waals surface area contributed by atoms with Gasteiger partial charge in [-0.1, -0.05) is 6.08 Å². The minimum Gasteiger partial charge on any atom is -0.341 e. The molecule has 0 unspecified atom stereocenters. The maximum atomic E-state index is 13.1. The summed E-state index contributed by atoms with van der Waals surface area (Å²) >= 11 is 0. The minimum atomic E-state index is 0.0720. The fraction of sp³-hybridized carbons (Fsp3) is 0.611. The summed E-state index contributed by atoms with van der Waals surface area (Å²) in [5.74, 6) is 0.378. The SMILES string of the molecule is O=C1CCCN1C[C@@H]1CCn2nccc2CN1C(=O)C1=CCCC1. The number of likely N-dealkylation sites (tertiary alicyclic amines) is 1. The van der Waals surface area contributed by atoms with E-state index in [1.807, 2.05) is 20.5 Å². The van der Waals surface area contributed by atoms with Crippen LogP contribution in [0, 0.1) is 0 Å². The first kappa shape index (κ1) is 15.4. The van der Waals surface area contributed by atoms with Crippen LogP contribution in [0.2, 0.25) is 0 Å². The Morgan fingerprint density at radius 3 is 2.92 bits per heavy atom. The van der Waals surface area contributed by atoms with Crippen LogP contribution >= 0.6 is 0 Å². The second-order valence-corrected chi connectivity index (χ2v) is 6.99. The lowest BCUT2D eigenvalue weighted by molar-refractivity contribution is -0.134. The molecular weight excluding hydrogens is 304 g/mol. The van der Waals surface area contributed by atoms with Gasteiger partial charge in [0.25, 0.3) is 0 Å². The molecule has 1 aromatic rings. The second-order valence-electron chi connectivity index (χ2n) is 6.99. The van der Waals surface area contributed by atoms with E-state index >= 15 is 0 Å². The third kappa shape index (κ3) is 2.85. The second kappa shape index (κ2) is 6.42. The third-order valence-electron chi connectivity index (χ3n) is 5.43. The molecule has 3 heterocycles. The Hall–Kier alpha value is -2.11. The maximum Gasteiger partial charge on any atom is 0.250 e. The van der Waals surface area contributed by atoms with E-state index < -0.39 is 0 Å². The van der Waals surface area contributed by atoms with Gasteiger partial charge in [-0.25, -0.2) is 0 Å². The van der Waals surface area contributed by atoms with Gasteiger partial charge in [0.15, 0.2) is 0 Å². The van der Waals surface area contributed by atoms with E-state index in [-0.39, 0.29) is 17.9 Å². The maximum absolute atomic E-state index is 13.1. The number of amides is 2. The van der Waals surface area contributed by atoms with Gasteiger partial charge in [-0.2, -0.15) is 5.10 Å². The lowest BCUT2D eigenvalue weighted by atomic mass is 10.1. The van der Waals surface area contributed by atoms with Gasteiger partial charge in [0.2, 0.25) is 11.8 Å². The third-order valence-corrected chi connectivity index (χ3v) is 5.43. The zero-order valence-corrected chi connectivity index (χ0v) is 14.0. The van der Waals surface area contributed by atoms with E-state index in [4.69, 9.17) is 0 Å². The lowest BCUT2D eigenvalue weighted by Crippen LogP contribution is -2.46. The zero-order valence-electron chi connectivity index (χ0n) is 14.0. The van der Waals surface area contributed by atoms with Crippen LogP contribution in [-0.2, 0) is 22.7 Å². The number of carbonyl (C=O) groups is 2. The predicted molar refractivity (Wildman–Crippen MR) is 88.9 cm³/mol. The minimum absolute atomic E-state index is 0.0720. The molecule has 1 fully saturated rings. The van der Waals surface area contributed by atoms with Crippen molar-refractivity contribution in [3.8, 4) is 0 Å². The summed E-state index contributed by atoms with van der Waals surface area (Å²) in [7, 11) is 0. The van der Waals surface area contributed by atoms with E-state index in [1.165, 1.54) is 0 Å². The Morgan fingerprint density at radius 1 is 1.25 bits per heavy atom. The quantitative estimate of drug-likeness (QED) is 0.849. The molecule has 3 aliphatic rings. The zero-order chi connectivity index (χ0) is 16.5. The van der Waals surface area contributed by atoms with E-state index in [0.717, 1.165) is 56.5 Å². The van der Waals surface area contributed by atoms with Gasteiger partial charge in [0.05, 0.1) is 18.3 Å². The summed E-state index contributed by atoms with van der Waals surface area (Å²) in [6.07, 6.45) is 9.27. The van der Waals surface area contributed by atoms with Crippen molar-refractivity contribution >= 4 is 11.8 Å². The van der Waals surface area contributed by atoms with Gasteiger partial charge < -0.3 is 9.80 Å². The number of nitrogens with zero attached hydrogens (tertiary/aromatic N) is 4. The van der Waals surface area contributed by atoms with Crippen molar-refractivity contribution in [2.45, 2.75) is 57.7 Å². The summed E-state index contributed by atoms with van der Waals surface area (Å²) in [6.45, 7) is 2.87. The molecule has 0 spiro atoms. The van der Waals surface area contributed by atoms with Crippen LogP contribution in [0.3, 0.4) is 0 Å². The highest BCUT2D eigenvalue weighted by atomic mass is 16.2. The molecule has 0 saturated carbocycles. The Labute approximate surface area is 142 Å². The molecule has 1 aliphatic carbocycles. The first-order valence-corrected chi connectivity index (χ1v) is 9.01. The molecule has 0 N–H and O–H groups in total. The van der Waals surface area contributed by atoms with Crippen molar-refractivity contribution in [2.24, 2.45) is 0 Å². The van der Waals surface area contributed by atoms with Crippen molar-refractivity contribution < 1.29 is 9.59 Å². The Morgan fingerprint density at radius 2 is 2.17 bits per heavy atom. The van der Waals surface area contributed by atoms with Gasteiger partial charge in [0, 0.05) is 37.8 Å². The van der Waals surface area contributed by atoms with Gasteiger partial charge in [-0.05, 0) is 38.2 Å². The van der Waals surface area contributed by atoms with Crippen molar-refractivity contribution in [3.63, 3.8) is 0 Å². The van der Waals surface area contributed by atoms with Crippen molar-refractivity contribution in [2.75, 3.05) is 13.1 Å². The summed E-state index contributed by atoms with van der Waals surface area (Å²) < 4.78 is 2.00. The van der Waals surface area contributed by atoms with Gasteiger partial charge >= 0.3 is 0 Å². The molecule has 1 atom stereocenters. The van der Waals surface area contributed by atoms with E-state index in [0.29, 0.717) is 19.5 Å². The van der Waals surface area contributed by atoms with Crippen LogP contribution in [-0.4, -0.2) is 50.5 Å². The number of hydrogen-bond donors (Lipinski definition) is 0. The van der Waals surface area contributed by atoms with Crippen LogP contribution in [0.4, 0.5) is 0 Å². The predicted octanol–water partition coefficient (Wildman–Crippen LogP) is 1.72. The number of aryl methyl sites for hydroxylation is 1. The number of hydrogen-bond acceptors (Lipinski definition) is 3. The van der Waals surface area contributed by atoms with Gasteiger partial charge in [-0.3, -0.25) is 14.3 Å². The number of carbonyl (C=O) groups excluding carboxylic acids is 2. The molecule has 2 amide bonds. The summed E-state index contributed by atoms with van der Waals surface area (Å²) in [6, 6.07) is 2.06. The highest BCUT2D eigenvalue weighted by molar-refractivity contribution is 5.94. The van der Waals surface area contributed by atoms with Crippen LogP contribution in [0.15, 0.2) is 23.9 Å². The van der Waals surface area contributed by atoms with Crippen LogP contribution in [0.1, 0.15) is 44.2 Å². The monoisotopic (exact) mass is 328 g/mol. The highest BCUT2D eigenvalue weighted by Crippen LogP contribution is 2.26. The largest absolute Gasteiger partial charge is 0.341 e. The summed E-state index contributed by atoms with van der Waals surface area (Å²) in [4.78, 5) is 29.0. The summed E-state index contributed by atoms with van der Waals surface area (Å²) in [5.41, 5.74) is 2.03. The molecule has 0 radical (unpaired) electrons. The smallest absolute Gasteiger partial charge is 0.250 e. The first-order chi connectivity index (χ1) is 11.7. The fourth-order valence-electron chi connectivity index (χ4n) is 4.05. The molecule has 0 bridgehead atoms. The average molecular weight is 328 g/mol. The van der Waals surface area contributed by atoms with Crippen LogP contribution in [0.25, 0.3) is 0 Å². The Bertz CT molecular complexity index is 678. The van der Waals surface area contributed by atoms with Crippen LogP contribution < -0.4 is 0 Å². The molecule has 2 aliphatic heterocycles. The number of aromatic nitrogens is 2. The molecule has 0 aromatic carbocycles.